The van der Waals surface area contributed by atoms with Crippen molar-refractivity contribution in [2.24, 2.45) is 5.73 Å². The van der Waals surface area contributed by atoms with Gasteiger partial charge in [0.05, 0.1) is 0 Å². The summed E-state index contributed by atoms with van der Waals surface area (Å²) in [7, 11) is 0. The summed E-state index contributed by atoms with van der Waals surface area (Å²) in [5.41, 5.74) is 4.47. The van der Waals surface area contributed by atoms with Gasteiger partial charge in [0.25, 0.3) is 0 Å². The molecule has 0 saturated carbocycles. The van der Waals surface area contributed by atoms with Gasteiger partial charge in [-0.15, -0.1) is 0 Å². The smallest absolute Gasteiger partial charge is 0.448 e. The maximum absolute atomic E-state index is 11.1. The van der Waals surface area contributed by atoms with Crippen molar-refractivity contribution in [3.63, 3.8) is 0 Å². The van der Waals surface area contributed by atoms with Crippen LogP contribution in [-0.4, -0.2) is 12.9 Å². The van der Waals surface area contributed by atoms with Gasteiger partial charge < -0.3 is 18.7 Å². The topological polar surface area (TPSA) is 26.0 Å². The Morgan fingerprint density at radius 1 is 1.43 bits per heavy atom. The Balaban J connectivity index is 3.54. The van der Waals surface area contributed by atoms with Crippen LogP contribution in [0, 0.1) is 0 Å². The van der Waals surface area contributed by atoms with Gasteiger partial charge in [0.2, 0.25) is 0 Å². The Morgan fingerprint density at radius 2 is 1.57 bits per heavy atom. The zero-order valence-electron chi connectivity index (χ0n) is 3.87. The molecule has 0 aliphatic heterocycles. The molecule has 0 amide bonds. The van der Waals surface area contributed by atoms with Crippen molar-refractivity contribution in [3.05, 3.63) is 0 Å². The fourth-order valence-electron chi connectivity index (χ4n) is 0. The largest absolute Gasteiger partial charge is 0.494 e. The third-order valence-corrected chi connectivity index (χ3v) is 0.596. The van der Waals surface area contributed by atoms with E-state index in [1.165, 1.54) is 0 Å². The Bertz CT molecular complexity index is 58.4. The fourth-order valence-corrected chi connectivity index (χ4v) is 0. The molecule has 0 saturated heterocycles. The van der Waals surface area contributed by atoms with Gasteiger partial charge in [-0.05, 0) is 5.94 Å². The molecular formula is C2H6BF3N-. The Labute approximate surface area is 39.7 Å². The van der Waals surface area contributed by atoms with E-state index < -0.39 is 12.9 Å². The molecule has 1 unspecified atom stereocenters. The van der Waals surface area contributed by atoms with Crippen molar-refractivity contribution in [1.82, 2.24) is 0 Å². The lowest BCUT2D eigenvalue weighted by molar-refractivity contribution is 0.445. The lowest BCUT2D eigenvalue weighted by atomic mass is 9.82. The lowest BCUT2D eigenvalue weighted by Gasteiger charge is -2.16. The van der Waals surface area contributed by atoms with Crippen LogP contribution in [0.5, 0.6) is 0 Å². The molecule has 0 heterocycles. The molecule has 7 heavy (non-hydrogen) atoms. The summed E-state index contributed by atoms with van der Waals surface area (Å²) in [5, 5.41) is 0. The SMILES string of the molecule is CC(N)[B-](F)(F)F. The average molecular weight is 112 g/mol. The summed E-state index contributed by atoms with van der Waals surface area (Å²) < 4.78 is 33.3. The molecule has 0 aliphatic carbocycles. The maximum atomic E-state index is 11.1. The first kappa shape index (κ1) is 6.81. The molecule has 44 valence electrons. The minimum Gasteiger partial charge on any atom is -0.448 e. The standard InChI is InChI=1S/C2H6BF3N/c1-2(7)3(4,5)6/h2H,7H2,1H3/q-1. The summed E-state index contributed by atoms with van der Waals surface area (Å²) >= 11 is 0. The van der Waals surface area contributed by atoms with Crippen LogP contribution in [0.1, 0.15) is 6.92 Å². The molecule has 1 nitrogen and oxygen atoms in total. The minimum atomic E-state index is -4.78. The molecule has 0 bridgehead atoms. The van der Waals surface area contributed by atoms with Crippen LogP contribution in [0.25, 0.3) is 0 Å². The van der Waals surface area contributed by atoms with E-state index in [4.69, 9.17) is 0 Å². The van der Waals surface area contributed by atoms with Crippen LogP contribution in [0.3, 0.4) is 0 Å². The number of hydrogen-bond donors (Lipinski definition) is 1. The van der Waals surface area contributed by atoms with Gasteiger partial charge in [-0.25, -0.2) is 0 Å². The fraction of sp³-hybridized carbons (Fsp3) is 1.00. The summed E-state index contributed by atoms with van der Waals surface area (Å²) in [6, 6.07) is 0. The van der Waals surface area contributed by atoms with Crippen molar-refractivity contribution in [2.45, 2.75) is 12.9 Å². The van der Waals surface area contributed by atoms with E-state index in [1.54, 1.807) is 0 Å². The summed E-state index contributed by atoms with van der Waals surface area (Å²) in [5.74, 6) is -1.64. The average Bonchev–Trinajstić information content (AvgIpc) is 1.31. The van der Waals surface area contributed by atoms with Crippen molar-refractivity contribution in [2.75, 3.05) is 0 Å². The number of nitrogens with two attached hydrogens (primary N) is 1. The summed E-state index contributed by atoms with van der Waals surface area (Å²) in [6.45, 7) is -3.85. The quantitative estimate of drug-likeness (QED) is 0.497. The monoisotopic (exact) mass is 112 g/mol. The highest BCUT2D eigenvalue weighted by molar-refractivity contribution is 6.60. The highest BCUT2D eigenvalue weighted by atomic mass is 19.4. The minimum absolute atomic E-state index is 0.931. The molecule has 0 fully saturated rings. The lowest BCUT2D eigenvalue weighted by Crippen LogP contribution is -2.39. The molecule has 0 rings (SSSR count). The first-order valence-corrected chi connectivity index (χ1v) is 1.90. The third kappa shape index (κ3) is 2.50. The van der Waals surface area contributed by atoms with Crippen LogP contribution in [0.2, 0.25) is 0 Å². The normalized spacial score (nSPS) is 16.7. The molecule has 0 aromatic heterocycles. The Morgan fingerprint density at radius 3 is 1.57 bits per heavy atom. The van der Waals surface area contributed by atoms with Gasteiger partial charge >= 0.3 is 6.98 Å². The van der Waals surface area contributed by atoms with E-state index in [0.29, 0.717) is 0 Å². The van der Waals surface area contributed by atoms with E-state index in [-0.39, 0.29) is 0 Å². The van der Waals surface area contributed by atoms with Crippen molar-refractivity contribution in [3.8, 4) is 0 Å². The molecule has 0 spiro atoms. The van der Waals surface area contributed by atoms with Crippen LogP contribution >= 0.6 is 0 Å². The van der Waals surface area contributed by atoms with Gasteiger partial charge in [-0.2, -0.15) is 0 Å². The highest BCUT2D eigenvalue weighted by Gasteiger charge is 2.27. The predicted octanol–water partition coefficient (Wildman–Crippen LogP) is 0.720. The second-order valence-corrected chi connectivity index (χ2v) is 1.48. The van der Waals surface area contributed by atoms with E-state index in [1.807, 2.05) is 0 Å². The van der Waals surface area contributed by atoms with E-state index in [2.05, 4.69) is 5.73 Å². The third-order valence-electron chi connectivity index (χ3n) is 0.596. The second kappa shape index (κ2) is 1.73. The molecule has 1 atom stereocenters. The molecule has 5 heteroatoms. The number of rotatable bonds is 1. The first-order chi connectivity index (χ1) is 2.94. The number of halogens is 3. The van der Waals surface area contributed by atoms with Crippen LogP contribution in [0.4, 0.5) is 12.9 Å². The molecule has 2 N–H and O–H groups in total. The van der Waals surface area contributed by atoms with Crippen molar-refractivity contribution in [1.29, 1.82) is 0 Å². The maximum Gasteiger partial charge on any atom is 0.494 e. The van der Waals surface area contributed by atoms with E-state index in [0.717, 1.165) is 6.92 Å². The zero-order valence-corrected chi connectivity index (χ0v) is 3.87. The van der Waals surface area contributed by atoms with Gasteiger partial charge in [-0.1, -0.05) is 6.92 Å². The van der Waals surface area contributed by atoms with Crippen LogP contribution in [0.15, 0.2) is 0 Å². The molecule has 0 aromatic rings. The molecule has 0 radical (unpaired) electrons. The number of hydrogen-bond acceptors (Lipinski definition) is 1. The molecular weight excluding hydrogens is 106 g/mol. The Kier molecular flexibility index (Phi) is 1.69. The Hall–Kier alpha value is -0.185. The summed E-state index contributed by atoms with van der Waals surface area (Å²) in [6.07, 6.45) is 0. The first-order valence-electron chi connectivity index (χ1n) is 1.90. The van der Waals surface area contributed by atoms with Gasteiger partial charge in [-0.3, -0.25) is 0 Å². The van der Waals surface area contributed by atoms with Gasteiger partial charge in [0.15, 0.2) is 0 Å². The van der Waals surface area contributed by atoms with E-state index in [9.17, 15) is 12.9 Å². The van der Waals surface area contributed by atoms with Gasteiger partial charge in [0, 0.05) is 0 Å². The van der Waals surface area contributed by atoms with Gasteiger partial charge in [0.1, 0.15) is 0 Å². The molecule has 0 aliphatic rings. The van der Waals surface area contributed by atoms with Crippen LogP contribution < -0.4 is 5.73 Å². The predicted molar refractivity (Wildman–Crippen MR) is 22.7 cm³/mol. The highest BCUT2D eigenvalue weighted by Crippen LogP contribution is 2.10. The second-order valence-electron chi connectivity index (χ2n) is 1.48. The summed E-state index contributed by atoms with van der Waals surface area (Å²) in [4.78, 5) is 0. The zero-order chi connectivity index (χ0) is 6.08. The van der Waals surface area contributed by atoms with E-state index >= 15 is 0 Å². The van der Waals surface area contributed by atoms with Crippen LogP contribution in [-0.2, 0) is 0 Å². The molecule has 0 aromatic carbocycles. The van der Waals surface area contributed by atoms with Crippen molar-refractivity contribution < 1.29 is 12.9 Å². The van der Waals surface area contributed by atoms with Crippen molar-refractivity contribution >= 4 is 6.98 Å².